The van der Waals surface area contributed by atoms with Crippen LogP contribution in [0, 0.1) is 11.2 Å². The van der Waals surface area contributed by atoms with E-state index in [1.54, 1.807) is 0 Å². The van der Waals surface area contributed by atoms with Gasteiger partial charge in [0.1, 0.15) is 4.90 Å². The molecule has 0 aliphatic carbocycles. The SMILES string of the molecule is CC1(CN)CCN(S(=O)(=O)c2cccc(Cl)c2F)C1.Cl. The number of rotatable bonds is 3. The fraction of sp³-hybridized carbons (Fsp3) is 0.500. The second-order valence-corrected chi connectivity index (χ2v) is 7.47. The van der Waals surface area contributed by atoms with Crippen LogP contribution in [0.3, 0.4) is 0 Å². The Morgan fingerprint density at radius 1 is 1.50 bits per heavy atom. The number of nitrogens with two attached hydrogens (primary N) is 1. The first-order chi connectivity index (χ1) is 8.80. The number of benzene rings is 1. The molecule has 0 aromatic heterocycles. The molecular formula is C12H17Cl2FN2O2S. The second kappa shape index (κ2) is 6.15. The molecule has 8 heteroatoms. The Labute approximate surface area is 129 Å². The third kappa shape index (κ3) is 3.09. The Balaban J connectivity index is 0.00000200. The van der Waals surface area contributed by atoms with E-state index >= 15 is 0 Å². The Bertz CT molecular complexity index is 597. The zero-order chi connectivity index (χ0) is 14.3. The fourth-order valence-electron chi connectivity index (χ4n) is 2.17. The van der Waals surface area contributed by atoms with E-state index in [-0.39, 0.29) is 27.7 Å². The summed E-state index contributed by atoms with van der Waals surface area (Å²) in [6.45, 7) is 2.98. The van der Waals surface area contributed by atoms with Crippen LogP contribution in [0.15, 0.2) is 23.1 Å². The van der Waals surface area contributed by atoms with Crippen LogP contribution < -0.4 is 5.73 Å². The van der Waals surface area contributed by atoms with Crippen LogP contribution in [0.25, 0.3) is 0 Å². The molecule has 1 fully saturated rings. The van der Waals surface area contributed by atoms with Gasteiger partial charge in [-0.15, -0.1) is 12.4 Å². The Kier molecular flexibility index (Phi) is 5.43. The predicted molar refractivity (Wildman–Crippen MR) is 79.2 cm³/mol. The van der Waals surface area contributed by atoms with Gasteiger partial charge in [0.25, 0.3) is 0 Å². The van der Waals surface area contributed by atoms with Gasteiger partial charge in [-0.25, -0.2) is 12.8 Å². The normalized spacial score (nSPS) is 23.6. The van der Waals surface area contributed by atoms with Crippen LogP contribution in [0.4, 0.5) is 4.39 Å². The number of sulfonamides is 1. The molecule has 1 atom stereocenters. The molecule has 0 spiro atoms. The standard InChI is InChI=1S/C12H16ClFN2O2S.ClH/c1-12(7-15)5-6-16(8-12)19(17,18)10-4-2-3-9(13)11(10)14;/h2-4H,5-8,15H2,1H3;1H. The zero-order valence-electron chi connectivity index (χ0n) is 11.0. The number of hydrogen-bond acceptors (Lipinski definition) is 3. The summed E-state index contributed by atoms with van der Waals surface area (Å²) >= 11 is 5.63. The summed E-state index contributed by atoms with van der Waals surface area (Å²) in [6, 6.07) is 3.98. The van der Waals surface area contributed by atoms with Crippen molar-refractivity contribution in [3.63, 3.8) is 0 Å². The van der Waals surface area contributed by atoms with E-state index in [1.165, 1.54) is 22.5 Å². The van der Waals surface area contributed by atoms with E-state index < -0.39 is 15.8 Å². The highest BCUT2D eigenvalue weighted by molar-refractivity contribution is 7.89. The Hall–Kier alpha value is -0.400. The van der Waals surface area contributed by atoms with Crippen molar-refractivity contribution in [2.75, 3.05) is 19.6 Å². The lowest BCUT2D eigenvalue weighted by atomic mass is 9.90. The highest BCUT2D eigenvalue weighted by Gasteiger charge is 2.40. The molecule has 114 valence electrons. The molecule has 1 aliphatic heterocycles. The van der Waals surface area contributed by atoms with Crippen molar-refractivity contribution in [2.24, 2.45) is 11.1 Å². The third-order valence-corrected chi connectivity index (χ3v) is 5.70. The molecule has 0 saturated carbocycles. The molecule has 2 N–H and O–H groups in total. The highest BCUT2D eigenvalue weighted by atomic mass is 35.5. The van der Waals surface area contributed by atoms with Crippen molar-refractivity contribution >= 4 is 34.0 Å². The van der Waals surface area contributed by atoms with Gasteiger partial charge in [0, 0.05) is 13.1 Å². The molecule has 20 heavy (non-hydrogen) atoms. The molecule has 1 saturated heterocycles. The van der Waals surface area contributed by atoms with Crippen molar-refractivity contribution in [2.45, 2.75) is 18.2 Å². The van der Waals surface area contributed by atoms with Gasteiger partial charge in [-0.05, 0) is 30.5 Å². The molecule has 1 unspecified atom stereocenters. The molecule has 1 aliphatic rings. The Morgan fingerprint density at radius 2 is 2.15 bits per heavy atom. The molecule has 4 nitrogen and oxygen atoms in total. The monoisotopic (exact) mass is 342 g/mol. The summed E-state index contributed by atoms with van der Waals surface area (Å²) in [5, 5.41) is -0.193. The third-order valence-electron chi connectivity index (χ3n) is 3.55. The van der Waals surface area contributed by atoms with Gasteiger partial charge in [0.05, 0.1) is 5.02 Å². The number of hydrogen-bond donors (Lipinski definition) is 1. The molecule has 2 rings (SSSR count). The summed E-state index contributed by atoms with van der Waals surface area (Å²) in [6.07, 6.45) is 0.672. The molecule has 1 aromatic rings. The summed E-state index contributed by atoms with van der Waals surface area (Å²) in [7, 11) is -3.85. The first-order valence-electron chi connectivity index (χ1n) is 5.94. The lowest BCUT2D eigenvalue weighted by Crippen LogP contribution is -2.34. The topological polar surface area (TPSA) is 63.4 Å². The number of halogens is 3. The minimum absolute atomic E-state index is 0. The lowest BCUT2D eigenvalue weighted by molar-refractivity contribution is 0.349. The molecule has 0 radical (unpaired) electrons. The molecule has 0 bridgehead atoms. The van der Waals surface area contributed by atoms with E-state index in [9.17, 15) is 12.8 Å². The van der Waals surface area contributed by atoms with E-state index in [2.05, 4.69) is 0 Å². The lowest BCUT2D eigenvalue weighted by Gasteiger charge is -2.22. The summed E-state index contributed by atoms with van der Waals surface area (Å²) in [5.74, 6) is -0.898. The maximum atomic E-state index is 13.9. The summed E-state index contributed by atoms with van der Waals surface area (Å²) < 4.78 is 39.9. The van der Waals surface area contributed by atoms with Crippen LogP contribution in [0.2, 0.25) is 5.02 Å². The quantitative estimate of drug-likeness (QED) is 0.916. The molecule has 0 amide bonds. The summed E-state index contributed by atoms with van der Waals surface area (Å²) in [5.41, 5.74) is 5.40. The average Bonchev–Trinajstić information content (AvgIpc) is 2.77. The van der Waals surface area contributed by atoms with Crippen LogP contribution >= 0.6 is 24.0 Å². The molecule has 1 heterocycles. The van der Waals surface area contributed by atoms with Gasteiger partial charge < -0.3 is 5.73 Å². The largest absolute Gasteiger partial charge is 0.330 e. The smallest absolute Gasteiger partial charge is 0.246 e. The summed E-state index contributed by atoms with van der Waals surface area (Å²) in [4.78, 5) is -0.374. The van der Waals surface area contributed by atoms with Crippen molar-refractivity contribution in [3.05, 3.63) is 29.0 Å². The van der Waals surface area contributed by atoms with Gasteiger partial charge >= 0.3 is 0 Å². The maximum absolute atomic E-state index is 13.9. The van der Waals surface area contributed by atoms with Crippen molar-refractivity contribution < 1.29 is 12.8 Å². The van der Waals surface area contributed by atoms with E-state index in [1.807, 2.05) is 6.92 Å². The van der Waals surface area contributed by atoms with Crippen LogP contribution in [0.1, 0.15) is 13.3 Å². The fourth-order valence-corrected chi connectivity index (χ4v) is 4.08. The van der Waals surface area contributed by atoms with Crippen molar-refractivity contribution in [1.29, 1.82) is 0 Å². The average molecular weight is 343 g/mol. The first kappa shape index (κ1) is 17.7. The van der Waals surface area contributed by atoms with Gasteiger partial charge in [-0.3, -0.25) is 0 Å². The molecular weight excluding hydrogens is 326 g/mol. The predicted octanol–water partition coefficient (Wildman–Crippen LogP) is 2.26. The van der Waals surface area contributed by atoms with E-state index in [0.717, 1.165) is 0 Å². The van der Waals surface area contributed by atoms with Crippen LogP contribution in [-0.4, -0.2) is 32.4 Å². The van der Waals surface area contributed by atoms with Gasteiger partial charge in [0.2, 0.25) is 10.0 Å². The van der Waals surface area contributed by atoms with Gasteiger partial charge in [0.15, 0.2) is 5.82 Å². The first-order valence-corrected chi connectivity index (χ1v) is 7.76. The van der Waals surface area contributed by atoms with Crippen molar-refractivity contribution in [3.8, 4) is 0 Å². The van der Waals surface area contributed by atoms with Crippen molar-refractivity contribution in [1.82, 2.24) is 4.31 Å². The zero-order valence-corrected chi connectivity index (χ0v) is 13.4. The van der Waals surface area contributed by atoms with E-state index in [4.69, 9.17) is 17.3 Å². The number of nitrogens with zero attached hydrogens (tertiary/aromatic N) is 1. The van der Waals surface area contributed by atoms with Gasteiger partial charge in [-0.1, -0.05) is 24.6 Å². The second-order valence-electron chi connectivity index (χ2n) is 5.16. The minimum atomic E-state index is -3.85. The molecule has 1 aromatic carbocycles. The van der Waals surface area contributed by atoms with Gasteiger partial charge in [-0.2, -0.15) is 4.31 Å². The minimum Gasteiger partial charge on any atom is -0.330 e. The Morgan fingerprint density at radius 3 is 2.70 bits per heavy atom. The maximum Gasteiger partial charge on any atom is 0.246 e. The van der Waals surface area contributed by atoms with Crippen LogP contribution in [0.5, 0.6) is 0 Å². The van der Waals surface area contributed by atoms with E-state index in [0.29, 0.717) is 26.1 Å². The van der Waals surface area contributed by atoms with Crippen LogP contribution in [-0.2, 0) is 10.0 Å². The highest BCUT2D eigenvalue weighted by Crippen LogP contribution is 2.33.